The Hall–Kier alpha value is -1.47. The van der Waals surface area contributed by atoms with Crippen LogP contribution in [-0.2, 0) is 4.79 Å². The van der Waals surface area contributed by atoms with Crippen LogP contribution in [0.25, 0.3) is 0 Å². The van der Waals surface area contributed by atoms with Crippen molar-refractivity contribution in [3.05, 3.63) is 15.6 Å². The van der Waals surface area contributed by atoms with Gasteiger partial charge in [0.05, 0.1) is 17.2 Å². The SMILES string of the molecule is Cc1nc(C)c(C(=O)N2CCC[C@@H](NC(=O)CN(C)C)CC2)s1. The van der Waals surface area contributed by atoms with Gasteiger partial charge in [-0.15, -0.1) is 11.3 Å². The van der Waals surface area contributed by atoms with E-state index in [0.29, 0.717) is 13.1 Å². The first-order valence-corrected chi connectivity index (χ1v) is 8.86. The van der Waals surface area contributed by atoms with Crippen LogP contribution >= 0.6 is 11.3 Å². The van der Waals surface area contributed by atoms with Crippen molar-refractivity contribution in [2.75, 3.05) is 33.7 Å². The second-order valence-corrected chi connectivity index (χ2v) is 7.58. The Balaban J connectivity index is 1.92. The van der Waals surface area contributed by atoms with Crippen molar-refractivity contribution in [3.8, 4) is 0 Å². The van der Waals surface area contributed by atoms with E-state index >= 15 is 0 Å². The van der Waals surface area contributed by atoms with Gasteiger partial charge in [0, 0.05) is 19.1 Å². The van der Waals surface area contributed by atoms with Crippen LogP contribution in [0.1, 0.15) is 39.6 Å². The number of nitrogens with zero attached hydrogens (tertiary/aromatic N) is 3. The monoisotopic (exact) mass is 338 g/mol. The second kappa shape index (κ2) is 7.88. The molecule has 1 aliphatic rings. The first kappa shape index (κ1) is 17.9. The molecule has 7 heteroatoms. The number of nitrogens with one attached hydrogen (secondary N) is 1. The molecule has 0 radical (unpaired) electrons. The minimum Gasteiger partial charge on any atom is -0.352 e. The van der Waals surface area contributed by atoms with Crippen LogP contribution in [0.5, 0.6) is 0 Å². The van der Waals surface area contributed by atoms with Gasteiger partial charge in [0.15, 0.2) is 0 Å². The fourth-order valence-corrected chi connectivity index (χ4v) is 3.77. The molecule has 2 heterocycles. The van der Waals surface area contributed by atoms with E-state index in [4.69, 9.17) is 0 Å². The molecule has 1 saturated heterocycles. The van der Waals surface area contributed by atoms with E-state index in [2.05, 4.69) is 10.3 Å². The predicted molar refractivity (Wildman–Crippen MR) is 91.8 cm³/mol. The number of carbonyl (C=O) groups excluding carboxylic acids is 2. The summed E-state index contributed by atoms with van der Waals surface area (Å²) in [5, 5.41) is 4.00. The molecule has 128 valence electrons. The summed E-state index contributed by atoms with van der Waals surface area (Å²) in [4.78, 5) is 33.4. The number of aryl methyl sites for hydroxylation is 2. The number of aromatic nitrogens is 1. The molecule has 1 N–H and O–H groups in total. The molecule has 2 amide bonds. The maximum absolute atomic E-state index is 12.7. The van der Waals surface area contributed by atoms with Crippen LogP contribution in [-0.4, -0.2) is 66.4 Å². The molecule has 0 aliphatic carbocycles. The van der Waals surface area contributed by atoms with Crippen molar-refractivity contribution >= 4 is 23.2 Å². The number of likely N-dealkylation sites (N-methyl/N-ethyl adjacent to an activating group) is 1. The molecule has 6 nitrogen and oxygen atoms in total. The van der Waals surface area contributed by atoms with Gasteiger partial charge in [-0.3, -0.25) is 9.59 Å². The summed E-state index contributed by atoms with van der Waals surface area (Å²) in [6.07, 6.45) is 2.64. The summed E-state index contributed by atoms with van der Waals surface area (Å²) in [5.41, 5.74) is 0.817. The van der Waals surface area contributed by atoms with Gasteiger partial charge in [-0.25, -0.2) is 4.98 Å². The van der Waals surface area contributed by atoms with E-state index in [0.717, 1.165) is 41.4 Å². The lowest BCUT2D eigenvalue weighted by Crippen LogP contribution is -2.40. The third kappa shape index (κ3) is 5.00. The molecular formula is C16H26N4O2S. The van der Waals surface area contributed by atoms with Gasteiger partial charge in [0.2, 0.25) is 5.91 Å². The zero-order valence-electron chi connectivity index (χ0n) is 14.4. The van der Waals surface area contributed by atoms with E-state index in [1.165, 1.54) is 11.3 Å². The molecule has 1 aromatic heterocycles. The van der Waals surface area contributed by atoms with Crippen molar-refractivity contribution in [3.63, 3.8) is 0 Å². The van der Waals surface area contributed by atoms with E-state index in [1.807, 2.05) is 37.7 Å². The topological polar surface area (TPSA) is 65.5 Å². The second-order valence-electron chi connectivity index (χ2n) is 6.37. The summed E-state index contributed by atoms with van der Waals surface area (Å²) < 4.78 is 0. The average Bonchev–Trinajstić information content (AvgIpc) is 2.66. The molecule has 0 spiro atoms. The molecule has 23 heavy (non-hydrogen) atoms. The molecule has 0 saturated carbocycles. The first-order chi connectivity index (χ1) is 10.9. The molecule has 1 atom stereocenters. The van der Waals surface area contributed by atoms with Crippen LogP contribution in [0.15, 0.2) is 0 Å². The van der Waals surface area contributed by atoms with Gasteiger partial charge >= 0.3 is 0 Å². The van der Waals surface area contributed by atoms with Crippen molar-refractivity contribution in [2.24, 2.45) is 0 Å². The largest absolute Gasteiger partial charge is 0.352 e. The molecule has 1 aromatic rings. The summed E-state index contributed by atoms with van der Waals surface area (Å²) in [6, 6.07) is 0.157. The summed E-state index contributed by atoms with van der Waals surface area (Å²) in [7, 11) is 3.76. The van der Waals surface area contributed by atoms with Crippen molar-refractivity contribution in [1.29, 1.82) is 0 Å². The fraction of sp³-hybridized carbons (Fsp3) is 0.688. The Labute approximate surface area is 141 Å². The molecule has 2 rings (SSSR count). The van der Waals surface area contributed by atoms with Gasteiger partial charge < -0.3 is 15.1 Å². The number of hydrogen-bond donors (Lipinski definition) is 1. The van der Waals surface area contributed by atoms with Gasteiger partial charge in [0.1, 0.15) is 4.88 Å². The zero-order chi connectivity index (χ0) is 17.0. The number of rotatable bonds is 4. The molecule has 1 fully saturated rings. The molecule has 0 bridgehead atoms. The summed E-state index contributed by atoms with van der Waals surface area (Å²) in [5.74, 6) is 0.127. The fourth-order valence-electron chi connectivity index (χ4n) is 2.88. The summed E-state index contributed by atoms with van der Waals surface area (Å²) in [6.45, 7) is 5.64. The number of hydrogen-bond acceptors (Lipinski definition) is 5. The van der Waals surface area contributed by atoms with E-state index in [9.17, 15) is 9.59 Å². The third-order valence-corrected chi connectivity index (χ3v) is 5.00. The maximum atomic E-state index is 12.7. The molecule has 1 aliphatic heterocycles. The zero-order valence-corrected chi connectivity index (χ0v) is 15.2. The number of amides is 2. The highest BCUT2D eigenvalue weighted by Gasteiger charge is 2.25. The minimum absolute atomic E-state index is 0.0497. The Kier molecular flexibility index (Phi) is 6.12. The normalized spacial score (nSPS) is 18.8. The van der Waals surface area contributed by atoms with Crippen LogP contribution < -0.4 is 5.32 Å². The molecule has 0 aromatic carbocycles. The van der Waals surface area contributed by atoms with Crippen molar-refractivity contribution in [2.45, 2.75) is 39.2 Å². The van der Waals surface area contributed by atoms with Gasteiger partial charge in [-0.2, -0.15) is 0 Å². The maximum Gasteiger partial charge on any atom is 0.265 e. The van der Waals surface area contributed by atoms with Crippen LogP contribution in [0.2, 0.25) is 0 Å². The highest BCUT2D eigenvalue weighted by atomic mass is 32.1. The lowest BCUT2D eigenvalue weighted by Gasteiger charge is -2.21. The van der Waals surface area contributed by atoms with E-state index < -0.39 is 0 Å². The van der Waals surface area contributed by atoms with Gasteiger partial charge in [-0.05, 0) is 47.2 Å². The number of likely N-dealkylation sites (tertiary alicyclic amines) is 1. The van der Waals surface area contributed by atoms with Crippen LogP contribution in [0, 0.1) is 13.8 Å². The lowest BCUT2D eigenvalue weighted by molar-refractivity contribution is -0.122. The lowest BCUT2D eigenvalue weighted by atomic mass is 10.1. The highest BCUT2D eigenvalue weighted by molar-refractivity contribution is 7.13. The van der Waals surface area contributed by atoms with Crippen LogP contribution in [0.4, 0.5) is 0 Å². The summed E-state index contributed by atoms with van der Waals surface area (Å²) >= 11 is 1.46. The quantitative estimate of drug-likeness (QED) is 0.902. The smallest absolute Gasteiger partial charge is 0.265 e. The van der Waals surface area contributed by atoms with Gasteiger partial charge in [-0.1, -0.05) is 0 Å². The van der Waals surface area contributed by atoms with Crippen LogP contribution in [0.3, 0.4) is 0 Å². The van der Waals surface area contributed by atoms with Gasteiger partial charge in [0.25, 0.3) is 5.91 Å². The predicted octanol–water partition coefficient (Wildman–Crippen LogP) is 1.43. The van der Waals surface area contributed by atoms with Crippen molar-refractivity contribution < 1.29 is 9.59 Å². The Bertz CT molecular complexity index is 570. The minimum atomic E-state index is 0.0497. The Morgan fingerprint density at radius 2 is 2.04 bits per heavy atom. The first-order valence-electron chi connectivity index (χ1n) is 8.04. The third-order valence-electron chi connectivity index (χ3n) is 3.94. The van der Waals surface area contributed by atoms with E-state index in [1.54, 1.807) is 0 Å². The number of thiazole rings is 1. The highest BCUT2D eigenvalue weighted by Crippen LogP contribution is 2.21. The van der Waals surface area contributed by atoms with Crippen molar-refractivity contribution in [1.82, 2.24) is 20.1 Å². The average molecular weight is 338 g/mol. The van der Waals surface area contributed by atoms with E-state index in [-0.39, 0.29) is 17.9 Å². The Morgan fingerprint density at radius 1 is 1.30 bits per heavy atom. The Morgan fingerprint density at radius 3 is 2.65 bits per heavy atom. The number of carbonyl (C=O) groups is 2. The molecule has 0 unspecified atom stereocenters. The molecular weight excluding hydrogens is 312 g/mol. The standard InChI is InChI=1S/C16H26N4O2S/c1-11-15(23-12(2)17-11)16(22)20-8-5-6-13(7-9-20)18-14(21)10-19(3)4/h13H,5-10H2,1-4H3,(H,18,21)/t13-/m1/s1.